The third-order valence-electron chi connectivity index (χ3n) is 2.54. The van der Waals surface area contributed by atoms with Crippen LogP contribution in [-0.4, -0.2) is 8.42 Å². The summed E-state index contributed by atoms with van der Waals surface area (Å²) in [6.45, 7) is 1.73. The molecule has 0 saturated heterocycles. The fourth-order valence-electron chi connectivity index (χ4n) is 1.57. The highest BCUT2D eigenvalue weighted by atomic mass is 32.2. The van der Waals surface area contributed by atoms with E-state index in [4.69, 9.17) is 0 Å². The highest BCUT2D eigenvalue weighted by Gasteiger charge is 2.17. The van der Waals surface area contributed by atoms with Crippen LogP contribution in [0.4, 0.5) is 14.5 Å². The van der Waals surface area contributed by atoms with Crippen molar-refractivity contribution in [1.29, 1.82) is 0 Å². The summed E-state index contributed by atoms with van der Waals surface area (Å²) in [5.41, 5.74) is 1.08. The van der Waals surface area contributed by atoms with Crippen LogP contribution in [0.3, 0.4) is 0 Å². The van der Waals surface area contributed by atoms with Crippen molar-refractivity contribution in [3.63, 3.8) is 0 Å². The van der Waals surface area contributed by atoms with Gasteiger partial charge in [-0.15, -0.1) is 0 Å². The molecule has 3 nitrogen and oxygen atoms in total. The second kappa shape index (κ2) is 4.97. The number of benzene rings is 2. The Morgan fingerprint density at radius 1 is 1.00 bits per heavy atom. The van der Waals surface area contributed by atoms with E-state index in [2.05, 4.69) is 4.72 Å². The van der Waals surface area contributed by atoms with Gasteiger partial charge in [0.15, 0.2) is 0 Å². The molecule has 0 aliphatic heterocycles. The van der Waals surface area contributed by atoms with Crippen molar-refractivity contribution in [2.75, 3.05) is 4.72 Å². The van der Waals surface area contributed by atoms with E-state index in [1.165, 1.54) is 0 Å². The zero-order valence-corrected chi connectivity index (χ0v) is 10.8. The van der Waals surface area contributed by atoms with Gasteiger partial charge in [-0.3, -0.25) is 4.72 Å². The van der Waals surface area contributed by atoms with E-state index in [1.807, 2.05) is 0 Å². The minimum absolute atomic E-state index is 0.368. The molecule has 2 aromatic carbocycles. The summed E-state index contributed by atoms with van der Waals surface area (Å²) in [6.07, 6.45) is 0. The lowest BCUT2D eigenvalue weighted by molar-refractivity contribution is 0.568. The Morgan fingerprint density at radius 3 is 2.16 bits per heavy atom. The summed E-state index contributed by atoms with van der Waals surface area (Å²) < 4.78 is 52.4. The standard InChI is InChI=1S/C13H11F2NO2S/c1-9-4-2-3-5-13(9)16-19(17,18)12-7-10(14)6-11(15)8-12/h2-8,16H,1H3. The Hall–Kier alpha value is -1.95. The minimum atomic E-state index is -4.01. The molecule has 0 saturated carbocycles. The first-order chi connectivity index (χ1) is 8.88. The Balaban J connectivity index is 2.41. The Bertz CT molecular complexity index is 694. The normalized spacial score (nSPS) is 11.3. The molecule has 0 spiro atoms. The van der Waals surface area contributed by atoms with Crippen molar-refractivity contribution < 1.29 is 17.2 Å². The molecule has 0 aliphatic carbocycles. The number of sulfonamides is 1. The van der Waals surface area contributed by atoms with Crippen LogP contribution in [0.15, 0.2) is 47.4 Å². The number of rotatable bonds is 3. The number of para-hydroxylation sites is 1. The van der Waals surface area contributed by atoms with Crippen molar-refractivity contribution in [3.8, 4) is 0 Å². The molecule has 0 amide bonds. The van der Waals surface area contributed by atoms with Crippen molar-refractivity contribution >= 4 is 15.7 Å². The van der Waals surface area contributed by atoms with E-state index in [9.17, 15) is 17.2 Å². The van der Waals surface area contributed by atoms with Crippen LogP contribution in [0.5, 0.6) is 0 Å². The highest BCUT2D eigenvalue weighted by Crippen LogP contribution is 2.20. The lowest BCUT2D eigenvalue weighted by atomic mass is 10.2. The van der Waals surface area contributed by atoms with Gasteiger partial charge in [-0.25, -0.2) is 17.2 Å². The van der Waals surface area contributed by atoms with Crippen LogP contribution in [0.1, 0.15) is 5.56 Å². The monoisotopic (exact) mass is 283 g/mol. The molecule has 100 valence electrons. The van der Waals surface area contributed by atoms with Crippen LogP contribution >= 0.6 is 0 Å². The molecular weight excluding hydrogens is 272 g/mol. The van der Waals surface area contributed by atoms with Gasteiger partial charge >= 0.3 is 0 Å². The Labute approximate surface area is 109 Å². The summed E-state index contributed by atoms with van der Waals surface area (Å²) in [5, 5.41) is 0. The van der Waals surface area contributed by atoms with Crippen LogP contribution in [-0.2, 0) is 10.0 Å². The van der Waals surface area contributed by atoms with Gasteiger partial charge in [0.1, 0.15) is 11.6 Å². The summed E-state index contributed by atoms with van der Waals surface area (Å²) >= 11 is 0. The SMILES string of the molecule is Cc1ccccc1NS(=O)(=O)c1cc(F)cc(F)c1. The first-order valence-corrected chi connectivity index (χ1v) is 6.91. The zero-order chi connectivity index (χ0) is 14.0. The zero-order valence-electron chi connectivity index (χ0n) is 10.0. The van der Waals surface area contributed by atoms with E-state index in [-0.39, 0.29) is 0 Å². The van der Waals surface area contributed by atoms with Crippen molar-refractivity contribution in [1.82, 2.24) is 0 Å². The van der Waals surface area contributed by atoms with Crippen LogP contribution in [0.2, 0.25) is 0 Å². The van der Waals surface area contributed by atoms with Gasteiger partial charge in [0.25, 0.3) is 10.0 Å². The number of hydrogen-bond donors (Lipinski definition) is 1. The number of halogens is 2. The molecule has 2 rings (SSSR count). The maximum atomic E-state index is 13.0. The van der Waals surface area contributed by atoms with Gasteiger partial charge in [0.05, 0.1) is 10.6 Å². The molecule has 19 heavy (non-hydrogen) atoms. The Kier molecular flexibility index (Phi) is 3.53. The van der Waals surface area contributed by atoms with Crippen LogP contribution in [0, 0.1) is 18.6 Å². The van der Waals surface area contributed by atoms with Gasteiger partial charge in [-0.1, -0.05) is 18.2 Å². The molecule has 6 heteroatoms. The van der Waals surface area contributed by atoms with Crippen molar-refractivity contribution in [2.24, 2.45) is 0 Å². The molecule has 0 unspecified atom stereocenters. The maximum Gasteiger partial charge on any atom is 0.262 e. The molecule has 2 aromatic rings. The number of nitrogens with one attached hydrogen (secondary N) is 1. The molecule has 0 aliphatic rings. The topological polar surface area (TPSA) is 46.2 Å². The predicted molar refractivity (Wildman–Crippen MR) is 68.3 cm³/mol. The molecule has 0 radical (unpaired) electrons. The lowest BCUT2D eigenvalue weighted by Crippen LogP contribution is -2.14. The van der Waals surface area contributed by atoms with Crippen molar-refractivity contribution in [2.45, 2.75) is 11.8 Å². The van der Waals surface area contributed by atoms with Crippen LogP contribution in [0.25, 0.3) is 0 Å². The third kappa shape index (κ3) is 3.08. The summed E-state index contributed by atoms with van der Waals surface area (Å²) in [5.74, 6) is -1.88. The van der Waals surface area contributed by atoms with E-state index in [0.29, 0.717) is 17.3 Å². The average molecular weight is 283 g/mol. The molecule has 0 fully saturated rings. The molecule has 0 aromatic heterocycles. The first kappa shape index (κ1) is 13.5. The number of anilines is 1. The van der Waals surface area contributed by atoms with E-state index in [1.54, 1.807) is 31.2 Å². The highest BCUT2D eigenvalue weighted by molar-refractivity contribution is 7.92. The summed E-state index contributed by atoms with van der Waals surface area (Å²) in [4.78, 5) is -0.451. The molecular formula is C13H11F2NO2S. The third-order valence-corrected chi connectivity index (χ3v) is 3.88. The molecule has 1 N–H and O–H groups in total. The van der Waals surface area contributed by atoms with Gasteiger partial charge < -0.3 is 0 Å². The van der Waals surface area contributed by atoms with Crippen molar-refractivity contribution in [3.05, 3.63) is 59.7 Å². The lowest BCUT2D eigenvalue weighted by Gasteiger charge is -2.10. The molecule has 0 heterocycles. The molecule has 0 atom stereocenters. The summed E-state index contributed by atoms with van der Waals surface area (Å²) in [7, 11) is -4.01. The van der Waals surface area contributed by atoms with Crippen LogP contribution < -0.4 is 4.72 Å². The fraction of sp³-hybridized carbons (Fsp3) is 0.0769. The van der Waals surface area contributed by atoms with Gasteiger partial charge in [0.2, 0.25) is 0 Å². The first-order valence-electron chi connectivity index (χ1n) is 5.43. The van der Waals surface area contributed by atoms with E-state index in [0.717, 1.165) is 12.1 Å². The quantitative estimate of drug-likeness (QED) is 0.941. The maximum absolute atomic E-state index is 13.0. The van der Waals surface area contributed by atoms with Gasteiger partial charge in [0, 0.05) is 6.07 Å². The second-order valence-electron chi connectivity index (χ2n) is 4.03. The fourth-order valence-corrected chi connectivity index (χ4v) is 2.75. The largest absolute Gasteiger partial charge is 0.279 e. The van der Waals surface area contributed by atoms with Gasteiger partial charge in [-0.05, 0) is 30.7 Å². The number of hydrogen-bond acceptors (Lipinski definition) is 2. The molecule has 0 bridgehead atoms. The minimum Gasteiger partial charge on any atom is -0.279 e. The Morgan fingerprint density at radius 2 is 1.58 bits per heavy atom. The smallest absolute Gasteiger partial charge is 0.262 e. The van der Waals surface area contributed by atoms with E-state index < -0.39 is 26.6 Å². The van der Waals surface area contributed by atoms with Gasteiger partial charge in [-0.2, -0.15) is 0 Å². The number of aryl methyl sites for hydroxylation is 1. The second-order valence-corrected chi connectivity index (χ2v) is 5.71. The summed E-state index contributed by atoms with van der Waals surface area (Å²) in [6, 6.07) is 8.87. The predicted octanol–water partition coefficient (Wildman–Crippen LogP) is 3.07. The average Bonchev–Trinajstić information content (AvgIpc) is 2.31. The van der Waals surface area contributed by atoms with E-state index >= 15 is 0 Å².